The molecule has 0 aliphatic rings. The van der Waals surface area contributed by atoms with Crippen molar-refractivity contribution in [1.29, 1.82) is 0 Å². The molecule has 0 aliphatic heterocycles. The third-order valence-electron chi connectivity index (χ3n) is 1.86. The first kappa shape index (κ1) is 13.1. The number of carbonyl (C=O) groups excluding carboxylic acids is 1. The van der Waals surface area contributed by atoms with E-state index in [1.807, 2.05) is 0 Å². The van der Waals surface area contributed by atoms with Crippen molar-refractivity contribution < 1.29 is 9.53 Å². The van der Waals surface area contributed by atoms with E-state index in [4.69, 9.17) is 17.3 Å². The molecular weight excluding hydrogens is 248 g/mol. The van der Waals surface area contributed by atoms with Crippen LogP contribution in [0.1, 0.15) is 12.1 Å². The maximum Gasteiger partial charge on any atom is 0.306 e. The highest BCUT2D eigenvalue weighted by atomic mass is 35.5. The van der Waals surface area contributed by atoms with Crippen LogP contribution in [0.15, 0.2) is 12.1 Å². The van der Waals surface area contributed by atoms with Crippen LogP contribution in [0.5, 0.6) is 0 Å². The second-order valence-corrected chi connectivity index (χ2v) is 4.56. The monoisotopic (exact) mass is 260 g/mol. The minimum absolute atomic E-state index is 0.209. The Morgan fingerprint density at radius 3 is 3.06 bits per heavy atom. The first-order valence-corrected chi connectivity index (χ1v) is 6.22. The molecule has 0 amide bonds. The molecule has 1 aromatic heterocycles. The molecule has 0 unspecified atom stereocenters. The summed E-state index contributed by atoms with van der Waals surface area (Å²) in [6.07, 6.45) is 0.390. The lowest BCUT2D eigenvalue weighted by Gasteiger charge is -2.04. The first-order chi connectivity index (χ1) is 7.63. The molecule has 0 radical (unpaired) electrons. The zero-order valence-corrected chi connectivity index (χ0v) is 10.5. The van der Waals surface area contributed by atoms with Gasteiger partial charge in [-0.2, -0.15) is 11.8 Å². The van der Waals surface area contributed by atoms with Crippen LogP contribution in [-0.2, 0) is 15.3 Å². The van der Waals surface area contributed by atoms with E-state index in [1.54, 1.807) is 23.9 Å². The molecule has 0 bridgehead atoms. The van der Waals surface area contributed by atoms with E-state index in [-0.39, 0.29) is 5.97 Å². The summed E-state index contributed by atoms with van der Waals surface area (Å²) >= 11 is 7.51. The van der Waals surface area contributed by atoms with Crippen molar-refractivity contribution in [2.75, 3.05) is 18.6 Å². The van der Waals surface area contributed by atoms with Crippen molar-refractivity contribution in [3.63, 3.8) is 0 Å². The summed E-state index contributed by atoms with van der Waals surface area (Å²) in [4.78, 5) is 15.0. The fourth-order valence-corrected chi connectivity index (χ4v) is 2.15. The molecule has 0 aliphatic carbocycles. The van der Waals surface area contributed by atoms with Gasteiger partial charge in [-0.1, -0.05) is 11.6 Å². The Balaban J connectivity index is 2.37. The van der Waals surface area contributed by atoms with Gasteiger partial charge in [0.25, 0.3) is 0 Å². The normalized spacial score (nSPS) is 10.1. The van der Waals surface area contributed by atoms with E-state index in [9.17, 15) is 4.79 Å². The fraction of sp³-hybridized carbons (Fsp3) is 0.400. The van der Waals surface area contributed by atoms with Crippen molar-refractivity contribution in [3.05, 3.63) is 22.8 Å². The third kappa shape index (κ3) is 4.28. The maximum absolute atomic E-state index is 10.8. The first-order valence-electron chi connectivity index (χ1n) is 4.69. The number of rotatable bonds is 5. The quantitative estimate of drug-likeness (QED) is 0.649. The number of ether oxygens (including phenoxy) is 1. The van der Waals surface area contributed by atoms with Crippen LogP contribution in [0.4, 0.5) is 5.82 Å². The third-order valence-corrected chi connectivity index (χ3v) is 3.17. The predicted octanol–water partition coefficient (Wildman–Crippen LogP) is 2.11. The molecule has 0 fully saturated rings. The number of thioether (sulfide) groups is 1. The van der Waals surface area contributed by atoms with Crippen molar-refractivity contribution >= 4 is 35.1 Å². The summed E-state index contributed by atoms with van der Waals surface area (Å²) in [7, 11) is 1.38. The SMILES string of the molecule is COC(=O)CCSCc1nc(N)ccc1Cl. The summed E-state index contributed by atoms with van der Waals surface area (Å²) in [6.45, 7) is 0. The van der Waals surface area contributed by atoms with E-state index in [1.165, 1.54) is 7.11 Å². The molecule has 0 aromatic carbocycles. The largest absolute Gasteiger partial charge is 0.469 e. The molecule has 1 heterocycles. The van der Waals surface area contributed by atoms with Crippen LogP contribution in [0.2, 0.25) is 5.02 Å². The van der Waals surface area contributed by atoms with E-state index in [2.05, 4.69) is 9.72 Å². The smallest absolute Gasteiger partial charge is 0.306 e. The van der Waals surface area contributed by atoms with E-state index in [0.29, 0.717) is 28.8 Å². The number of anilines is 1. The zero-order valence-electron chi connectivity index (χ0n) is 8.90. The van der Waals surface area contributed by atoms with Crippen LogP contribution < -0.4 is 5.73 Å². The van der Waals surface area contributed by atoms with E-state index >= 15 is 0 Å². The summed E-state index contributed by atoms with van der Waals surface area (Å²) < 4.78 is 4.53. The molecule has 0 saturated heterocycles. The van der Waals surface area contributed by atoms with Gasteiger partial charge in [0.05, 0.1) is 24.2 Å². The van der Waals surface area contributed by atoms with Crippen molar-refractivity contribution in [3.8, 4) is 0 Å². The number of methoxy groups -OCH3 is 1. The van der Waals surface area contributed by atoms with Crippen LogP contribution in [-0.4, -0.2) is 23.8 Å². The van der Waals surface area contributed by atoms with Crippen LogP contribution >= 0.6 is 23.4 Å². The number of nitrogens with two attached hydrogens (primary N) is 1. The predicted molar refractivity (Wildman–Crippen MR) is 66.5 cm³/mol. The zero-order chi connectivity index (χ0) is 12.0. The van der Waals surface area contributed by atoms with Gasteiger partial charge in [0.15, 0.2) is 0 Å². The van der Waals surface area contributed by atoms with Gasteiger partial charge >= 0.3 is 5.97 Å². The lowest BCUT2D eigenvalue weighted by molar-refractivity contribution is -0.140. The van der Waals surface area contributed by atoms with Gasteiger partial charge in [-0.3, -0.25) is 4.79 Å². The van der Waals surface area contributed by atoms with Gasteiger partial charge in [-0.15, -0.1) is 0 Å². The summed E-state index contributed by atoms with van der Waals surface area (Å²) in [5.41, 5.74) is 6.30. The number of esters is 1. The number of aromatic nitrogens is 1. The molecule has 6 heteroatoms. The minimum atomic E-state index is -0.209. The van der Waals surface area contributed by atoms with Gasteiger partial charge in [0, 0.05) is 11.5 Å². The van der Waals surface area contributed by atoms with Crippen LogP contribution in [0.25, 0.3) is 0 Å². The highest BCUT2D eigenvalue weighted by Crippen LogP contribution is 2.20. The molecule has 16 heavy (non-hydrogen) atoms. The average Bonchev–Trinajstić information content (AvgIpc) is 2.28. The lowest BCUT2D eigenvalue weighted by atomic mass is 10.4. The Kier molecular flexibility index (Phi) is 5.42. The molecule has 1 rings (SSSR count). The number of halogens is 1. The van der Waals surface area contributed by atoms with E-state index < -0.39 is 0 Å². The molecule has 0 saturated carbocycles. The Morgan fingerprint density at radius 2 is 2.38 bits per heavy atom. The van der Waals surface area contributed by atoms with Gasteiger partial charge in [-0.05, 0) is 12.1 Å². The molecule has 0 spiro atoms. The van der Waals surface area contributed by atoms with Crippen molar-refractivity contribution in [2.45, 2.75) is 12.2 Å². The Labute approximate surface area is 104 Å². The van der Waals surface area contributed by atoms with E-state index in [0.717, 1.165) is 5.69 Å². The molecule has 1 aromatic rings. The fourth-order valence-electron chi connectivity index (χ4n) is 1.03. The number of hydrogen-bond donors (Lipinski definition) is 1. The average molecular weight is 261 g/mol. The number of hydrogen-bond acceptors (Lipinski definition) is 5. The summed E-state index contributed by atoms with van der Waals surface area (Å²) in [5, 5.41) is 0.597. The molecule has 0 atom stereocenters. The maximum atomic E-state index is 10.8. The highest BCUT2D eigenvalue weighted by Gasteiger charge is 2.04. The van der Waals surface area contributed by atoms with Crippen molar-refractivity contribution in [2.24, 2.45) is 0 Å². The molecule has 4 nitrogen and oxygen atoms in total. The Hall–Kier alpha value is -0.940. The standard InChI is InChI=1S/C10H13ClN2O2S/c1-15-10(14)4-5-16-6-8-7(11)2-3-9(12)13-8/h2-3H,4-6H2,1H3,(H2,12,13). The van der Waals surface area contributed by atoms with Crippen LogP contribution in [0.3, 0.4) is 0 Å². The Bertz CT molecular complexity index is 374. The highest BCUT2D eigenvalue weighted by molar-refractivity contribution is 7.98. The molecule has 88 valence electrons. The number of carbonyl (C=O) groups is 1. The number of pyridine rings is 1. The minimum Gasteiger partial charge on any atom is -0.469 e. The lowest BCUT2D eigenvalue weighted by Crippen LogP contribution is -2.01. The Morgan fingerprint density at radius 1 is 1.62 bits per heavy atom. The second kappa shape index (κ2) is 6.60. The van der Waals surface area contributed by atoms with Crippen LogP contribution in [0, 0.1) is 0 Å². The van der Waals surface area contributed by atoms with Gasteiger partial charge in [-0.25, -0.2) is 4.98 Å². The second-order valence-electron chi connectivity index (χ2n) is 3.04. The van der Waals surface area contributed by atoms with Gasteiger partial charge < -0.3 is 10.5 Å². The van der Waals surface area contributed by atoms with Gasteiger partial charge in [0.1, 0.15) is 5.82 Å². The number of nitrogen functional groups attached to an aromatic ring is 1. The van der Waals surface area contributed by atoms with Crippen molar-refractivity contribution in [1.82, 2.24) is 4.98 Å². The van der Waals surface area contributed by atoms with Gasteiger partial charge in [0.2, 0.25) is 0 Å². The molecule has 2 N–H and O–H groups in total. The molecular formula is C10H13ClN2O2S. The summed E-state index contributed by atoms with van der Waals surface area (Å²) in [5.74, 6) is 1.56. The number of nitrogens with zero attached hydrogens (tertiary/aromatic N) is 1. The summed E-state index contributed by atoms with van der Waals surface area (Å²) in [6, 6.07) is 3.38. The topological polar surface area (TPSA) is 65.2 Å².